The van der Waals surface area contributed by atoms with Crippen molar-refractivity contribution in [2.75, 3.05) is 5.32 Å². The molecule has 3 aromatic rings. The smallest absolute Gasteiger partial charge is 0.325 e. The number of carbonyl (C=O) groups is 2. The van der Waals surface area contributed by atoms with E-state index in [1.165, 1.54) is 12.3 Å². The number of amides is 1. The van der Waals surface area contributed by atoms with Gasteiger partial charge in [0.2, 0.25) is 0 Å². The van der Waals surface area contributed by atoms with Gasteiger partial charge in [0.05, 0.1) is 6.54 Å². The zero-order chi connectivity index (χ0) is 17.8. The Labute approximate surface area is 147 Å². The fraction of sp³-hybridized carbons (Fsp3) is 0.125. The summed E-state index contributed by atoms with van der Waals surface area (Å²) >= 11 is 6.12. The first-order chi connectivity index (χ1) is 12.0. The Morgan fingerprint density at radius 2 is 2.00 bits per heavy atom. The zero-order valence-corrected chi connectivity index (χ0v) is 13.7. The first-order valence-corrected chi connectivity index (χ1v) is 7.72. The first kappa shape index (κ1) is 16.7. The van der Waals surface area contributed by atoms with E-state index in [1.54, 1.807) is 23.0 Å². The molecule has 0 radical (unpaired) electrons. The molecule has 9 heteroatoms. The van der Waals surface area contributed by atoms with E-state index < -0.39 is 18.4 Å². The molecular formula is C16H14ClN5O3. The Bertz CT molecular complexity index is 918. The van der Waals surface area contributed by atoms with Crippen LogP contribution in [-0.4, -0.2) is 36.5 Å². The second-order valence-electron chi connectivity index (χ2n) is 5.21. The number of hydrogen-bond donors (Lipinski definition) is 2. The number of carboxylic acids is 1. The number of halogens is 1. The summed E-state index contributed by atoms with van der Waals surface area (Å²) in [7, 11) is 0. The fourth-order valence-electron chi connectivity index (χ4n) is 2.28. The van der Waals surface area contributed by atoms with Crippen molar-refractivity contribution in [2.45, 2.75) is 13.1 Å². The van der Waals surface area contributed by atoms with Crippen molar-refractivity contribution < 1.29 is 14.7 Å². The van der Waals surface area contributed by atoms with Gasteiger partial charge in [-0.2, -0.15) is 10.2 Å². The van der Waals surface area contributed by atoms with Gasteiger partial charge in [-0.25, -0.2) is 4.68 Å². The fourth-order valence-corrected chi connectivity index (χ4v) is 2.47. The van der Waals surface area contributed by atoms with Gasteiger partial charge in [-0.05, 0) is 17.7 Å². The maximum absolute atomic E-state index is 12.3. The highest BCUT2D eigenvalue weighted by Gasteiger charge is 2.15. The van der Waals surface area contributed by atoms with Gasteiger partial charge in [-0.15, -0.1) is 0 Å². The number of carboxylic acid groups (broad SMARTS) is 1. The normalized spacial score (nSPS) is 10.6. The standard InChI is InChI=1S/C16H14ClN5O3/c17-12-4-2-1-3-11(12)9-21-8-6-14(20-21)19-16(25)13-5-7-18-22(13)10-15(23)24/h1-8H,9-10H2,(H,23,24)(H,19,20,25). The Morgan fingerprint density at radius 1 is 1.20 bits per heavy atom. The number of nitrogens with zero attached hydrogens (tertiary/aromatic N) is 4. The van der Waals surface area contributed by atoms with Crippen LogP contribution in [0, 0.1) is 0 Å². The van der Waals surface area contributed by atoms with Crippen LogP contribution < -0.4 is 5.32 Å². The summed E-state index contributed by atoms with van der Waals surface area (Å²) in [5.41, 5.74) is 1.05. The van der Waals surface area contributed by atoms with E-state index in [2.05, 4.69) is 15.5 Å². The molecule has 3 rings (SSSR count). The molecule has 0 atom stereocenters. The molecule has 2 heterocycles. The number of nitrogens with one attached hydrogen (secondary N) is 1. The third-order valence-electron chi connectivity index (χ3n) is 3.41. The van der Waals surface area contributed by atoms with Gasteiger partial charge in [0.25, 0.3) is 5.91 Å². The maximum atomic E-state index is 12.3. The largest absolute Gasteiger partial charge is 0.480 e. The lowest BCUT2D eigenvalue weighted by molar-refractivity contribution is -0.137. The molecule has 0 aliphatic rings. The van der Waals surface area contributed by atoms with Crippen molar-refractivity contribution in [3.8, 4) is 0 Å². The van der Waals surface area contributed by atoms with Gasteiger partial charge in [-0.3, -0.25) is 14.3 Å². The zero-order valence-electron chi connectivity index (χ0n) is 13.0. The number of anilines is 1. The van der Waals surface area contributed by atoms with Crippen LogP contribution in [0.3, 0.4) is 0 Å². The van der Waals surface area contributed by atoms with Crippen molar-refractivity contribution >= 4 is 29.3 Å². The minimum atomic E-state index is -1.08. The summed E-state index contributed by atoms with van der Waals surface area (Å²) < 4.78 is 2.75. The van der Waals surface area contributed by atoms with Gasteiger partial charge in [0.15, 0.2) is 5.82 Å². The molecule has 8 nitrogen and oxygen atoms in total. The Balaban J connectivity index is 1.69. The third kappa shape index (κ3) is 4.04. The minimum Gasteiger partial charge on any atom is -0.480 e. The highest BCUT2D eigenvalue weighted by molar-refractivity contribution is 6.31. The lowest BCUT2D eigenvalue weighted by atomic mass is 10.2. The Kier molecular flexibility index (Phi) is 4.80. The van der Waals surface area contributed by atoms with Crippen molar-refractivity contribution in [3.05, 3.63) is 65.1 Å². The Hall–Kier alpha value is -3.13. The summed E-state index contributed by atoms with van der Waals surface area (Å²) in [4.78, 5) is 23.0. The maximum Gasteiger partial charge on any atom is 0.325 e. The predicted molar refractivity (Wildman–Crippen MR) is 90.6 cm³/mol. The Morgan fingerprint density at radius 3 is 2.76 bits per heavy atom. The van der Waals surface area contributed by atoms with Crippen molar-refractivity contribution in [1.82, 2.24) is 19.6 Å². The number of aromatic nitrogens is 4. The molecule has 0 saturated carbocycles. The van der Waals surface area contributed by atoms with E-state index in [1.807, 2.05) is 18.2 Å². The van der Waals surface area contributed by atoms with E-state index in [0.717, 1.165) is 10.2 Å². The monoisotopic (exact) mass is 359 g/mol. The van der Waals surface area contributed by atoms with Crippen LogP contribution in [0.15, 0.2) is 48.8 Å². The number of rotatable bonds is 6. The van der Waals surface area contributed by atoms with Gasteiger partial charge in [0.1, 0.15) is 12.2 Å². The molecule has 0 fully saturated rings. The quantitative estimate of drug-likeness (QED) is 0.701. The molecule has 0 spiro atoms. The number of benzene rings is 1. The number of hydrogen-bond acceptors (Lipinski definition) is 4. The highest BCUT2D eigenvalue weighted by Crippen LogP contribution is 2.16. The van der Waals surface area contributed by atoms with Crippen LogP contribution in [0.5, 0.6) is 0 Å². The summed E-state index contributed by atoms with van der Waals surface area (Å²) in [5, 5.41) is 20.2. The lowest BCUT2D eigenvalue weighted by Crippen LogP contribution is -2.21. The van der Waals surface area contributed by atoms with Crippen LogP contribution in [0.4, 0.5) is 5.82 Å². The SMILES string of the molecule is O=C(O)Cn1nccc1C(=O)Nc1ccn(Cc2ccccc2Cl)n1. The average Bonchev–Trinajstić information content (AvgIpc) is 3.18. The van der Waals surface area contributed by atoms with Gasteiger partial charge < -0.3 is 10.4 Å². The van der Waals surface area contributed by atoms with Crippen LogP contribution in [0.1, 0.15) is 16.1 Å². The van der Waals surface area contributed by atoms with Crippen LogP contribution >= 0.6 is 11.6 Å². The molecule has 2 N–H and O–H groups in total. The van der Waals surface area contributed by atoms with Crippen molar-refractivity contribution in [3.63, 3.8) is 0 Å². The van der Waals surface area contributed by atoms with E-state index in [-0.39, 0.29) is 5.69 Å². The second kappa shape index (κ2) is 7.18. The molecular weight excluding hydrogens is 346 g/mol. The number of aliphatic carboxylic acids is 1. The molecule has 128 valence electrons. The van der Waals surface area contributed by atoms with Gasteiger partial charge >= 0.3 is 5.97 Å². The van der Waals surface area contributed by atoms with Crippen molar-refractivity contribution in [2.24, 2.45) is 0 Å². The lowest BCUT2D eigenvalue weighted by Gasteiger charge is -2.05. The van der Waals surface area contributed by atoms with E-state index in [4.69, 9.17) is 16.7 Å². The molecule has 1 amide bonds. The summed E-state index contributed by atoms with van der Waals surface area (Å²) in [6.45, 7) is 0.0726. The average molecular weight is 360 g/mol. The second-order valence-corrected chi connectivity index (χ2v) is 5.62. The van der Waals surface area contributed by atoms with Gasteiger partial charge in [0, 0.05) is 23.5 Å². The predicted octanol–water partition coefficient (Wildman–Crippen LogP) is 2.12. The first-order valence-electron chi connectivity index (χ1n) is 7.35. The molecule has 0 saturated heterocycles. The van der Waals surface area contributed by atoms with Crippen LogP contribution in [0.2, 0.25) is 5.02 Å². The molecule has 1 aromatic carbocycles. The highest BCUT2D eigenvalue weighted by atomic mass is 35.5. The molecule has 0 bridgehead atoms. The van der Waals surface area contributed by atoms with Crippen LogP contribution in [-0.2, 0) is 17.9 Å². The van der Waals surface area contributed by atoms with E-state index >= 15 is 0 Å². The molecule has 25 heavy (non-hydrogen) atoms. The minimum absolute atomic E-state index is 0.142. The van der Waals surface area contributed by atoms with Crippen LogP contribution in [0.25, 0.3) is 0 Å². The number of carbonyl (C=O) groups excluding carboxylic acids is 1. The summed E-state index contributed by atoms with van der Waals surface area (Å²) in [6.07, 6.45) is 3.08. The topological polar surface area (TPSA) is 102 Å². The van der Waals surface area contributed by atoms with Gasteiger partial charge in [-0.1, -0.05) is 29.8 Å². The molecule has 0 aliphatic carbocycles. The van der Waals surface area contributed by atoms with E-state index in [9.17, 15) is 9.59 Å². The molecule has 0 aliphatic heterocycles. The molecule has 2 aromatic heterocycles. The third-order valence-corrected chi connectivity index (χ3v) is 3.78. The molecule has 0 unspecified atom stereocenters. The summed E-state index contributed by atoms with van der Waals surface area (Å²) in [5.74, 6) is -1.22. The van der Waals surface area contributed by atoms with Crippen molar-refractivity contribution in [1.29, 1.82) is 0 Å². The summed E-state index contributed by atoms with van der Waals surface area (Å²) in [6, 6.07) is 10.5. The van der Waals surface area contributed by atoms with E-state index in [0.29, 0.717) is 17.4 Å².